The topological polar surface area (TPSA) is 67.4 Å². The van der Waals surface area contributed by atoms with Crippen LogP contribution < -0.4 is 15.0 Å². The second kappa shape index (κ2) is 8.90. The zero-order valence-electron chi connectivity index (χ0n) is 19.0. The summed E-state index contributed by atoms with van der Waals surface area (Å²) in [5.74, 6) is -3.09. The van der Waals surface area contributed by atoms with Crippen LogP contribution in [0.15, 0.2) is 54.9 Å². The molecule has 178 valence electrons. The van der Waals surface area contributed by atoms with Crippen molar-refractivity contribution in [2.75, 3.05) is 25.6 Å². The highest BCUT2D eigenvalue weighted by Crippen LogP contribution is 2.36. The lowest BCUT2D eigenvalue weighted by molar-refractivity contribution is 0.0925. The molecule has 0 bridgehead atoms. The molecule has 1 N–H and O–H groups in total. The average Bonchev–Trinajstić information content (AvgIpc) is 2.85. The quantitative estimate of drug-likeness (QED) is 0.417. The van der Waals surface area contributed by atoms with Gasteiger partial charge >= 0.3 is 0 Å². The van der Waals surface area contributed by atoms with E-state index in [1.807, 2.05) is 24.3 Å². The fourth-order valence-electron chi connectivity index (χ4n) is 4.41. The zero-order chi connectivity index (χ0) is 24.7. The lowest BCUT2D eigenvalue weighted by atomic mass is 9.99. The van der Waals surface area contributed by atoms with Gasteiger partial charge in [0.1, 0.15) is 11.6 Å². The number of benzene rings is 2. The van der Waals surface area contributed by atoms with Crippen molar-refractivity contribution in [2.45, 2.75) is 12.5 Å². The molecule has 0 aliphatic carbocycles. The SMILES string of the molecule is CN(C)c1c(C(=O)N[C@H]2CCOc3ccccc32)cnc2c(-c3cc(F)cc(F)c3F)nccc12. The maximum atomic E-state index is 14.5. The minimum atomic E-state index is -1.32. The fraction of sp³-hybridized carbons (Fsp3) is 0.192. The smallest absolute Gasteiger partial charge is 0.255 e. The number of nitrogens with one attached hydrogen (secondary N) is 1. The van der Waals surface area contributed by atoms with Crippen molar-refractivity contribution in [3.63, 3.8) is 0 Å². The predicted molar refractivity (Wildman–Crippen MR) is 126 cm³/mol. The second-order valence-electron chi connectivity index (χ2n) is 8.42. The van der Waals surface area contributed by atoms with Crippen LogP contribution in [0.1, 0.15) is 28.4 Å². The number of carbonyl (C=O) groups excluding carboxylic acids is 1. The summed E-state index contributed by atoms with van der Waals surface area (Å²) >= 11 is 0. The Balaban J connectivity index is 1.60. The molecule has 1 amide bonds. The number of ether oxygens (including phenoxy) is 1. The summed E-state index contributed by atoms with van der Waals surface area (Å²) in [4.78, 5) is 23.7. The van der Waals surface area contributed by atoms with Crippen LogP contribution in [0.3, 0.4) is 0 Å². The highest BCUT2D eigenvalue weighted by atomic mass is 19.2. The minimum absolute atomic E-state index is 0.0215. The second-order valence-corrected chi connectivity index (χ2v) is 8.42. The number of amides is 1. The molecule has 5 rings (SSSR count). The maximum Gasteiger partial charge on any atom is 0.255 e. The Morgan fingerprint density at radius 3 is 2.71 bits per heavy atom. The van der Waals surface area contributed by atoms with Gasteiger partial charge in [-0.25, -0.2) is 13.2 Å². The van der Waals surface area contributed by atoms with Crippen molar-refractivity contribution in [3.05, 3.63) is 83.4 Å². The van der Waals surface area contributed by atoms with E-state index >= 15 is 0 Å². The molecule has 0 unspecified atom stereocenters. The molecular weight excluding hydrogens is 457 g/mol. The Morgan fingerprint density at radius 2 is 1.91 bits per heavy atom. The molecule has 3 heterocycles. The Bertz CT molecular complexity index is 1460. The molecule has 0 radical (unpaired) electrons. The summed E-state index contributed by atoms with van der Waals surface area (Å²) in [6.45, 7) is 0.475. The molecule has 2 aromatic heterocycles. The van der Waals surface area contributed by atoms with E-state index in [0.29, 0.717) is 35.7 Å². The fourth-order valence-corrected chi connectivity index (χ4v) is 4.41. The van der Waals surface area contributed by atoms with Gasteiger partial charge in [-0.05, 0) is 18.2 Å². The van der Waals surface area contributed by atoms with E-state index in [9.17, 15) is 18.0 Å². The molecule has 0 saturated heterocycles. The summed E-state index contributed by atoms with van der Waals surface area (Å²) < 4.78 is 48.0. The van der Waals surface area contributed by atoms with Gasteiger partial charge < -0.3 is 15.0 Å². The molecule has 0 fully saturated rings. The molecule has 0 spiro atoms. The number of carbonyl (C=O) groups is 1. The van der Waals surface area contributed by atoms with Gasteiger partial charge in [-0.1, -0.05) is 18.2 Å². The van der Waals surface area contributed by atoms with Crippen LogP contribution in [-0.2, 0) is 0 Å². The molecule has 1 aliphatic heterocycles. The average molecular weight is 478 g/mol. The van der Waals surface area contributed by atoms with Crippen molar-refractivity contribution in [3.8, 4) is 17.0 Å². The normalized spacial score (nSPS) is 14.8. The summed E-state index contributed by atoms with van der Waals surface area (Å²) in [6.07, 6.45) is 3.38. The molecule has 9 heteroatoms. The first kappa shape index (κ1) is 22.6. The Kier molecular flexibility index (Phi) is 5.76. The third-order valence-corrected chi connectivity index (χ3v) is 5.96. The number of halogens is 3. The van der Waals surface area contributed by atoms with Crippen molar-refractivity contribution < 1.29 is 22.7 Å². The van der Waals surface area contributed by atoms with E-state index in [-0.39, 0.29) is 28.7 Å². The summed E-state index contributed by atoms with van der Waals surface area (Å²) in [7, 11) is 3.52. The Hall–Kier alpha value is -4.14. The summed E-state index contributed by atoms with van der Waals surface area (Å²) in [6, 6.07) is 10.3. The first-order valence-electron chi connectivity index (χ1n) is 11.0. The van der Waals surface area contributed by atoms with Gasteiger partial charge in [-0.3, -0.25) is 14.8 Å². The van der Waals surface area contributed by atoms with Crippen LogP contribution in [0.2, 0.25) is 0 Å². The predicted octanol–water partition coefficient (Wildman–Crippen LogP) is 5.03. The van der Waals surface area contributed by atoms with Gasteiger partial charge in [-0.15, -0.1) is 0 Å². The summed E-state index contributed by atoms with van der Waals surface area (Å²) in [5, 5.41) is 3.55. The molecular formula is C26H21F3N4O2. The highest BCUT2D eigenvalue weighted by Gasteiger charge is 2.26. The van der Waals surface area contributed by atoms with Crippen LogP contribution in [0.5, 0.6) is 5.75 Å². The number of nitrogens with zero attached hydrogens (tertiary/aromatic N) is 3. The van der Waals surface area contributed by atoms with E-state index in [2.05, 4.69) is 15.3 Å². The first-order valence-corrected chi connectivity index (χ1v) is 11.0. The Labute approximate surface area is 199 Å². The number of hydrogen-bond donors (Lipinski definition) is 1. The molecule has 1 aliphatic rings. The van der Waals surface area contributed by atoms with E-state index in [1.165, 1.54) is 12.4 Å². The molecule has 6 nitrogen and oxygen atoms in total. The van der Waals surface area contributed by atoms with Crippen molar-refractivity contribution in [1.29, 1.82) is 0 Å². The largest absolute Gasteiger partial charge is 0.493 e. The molecule has 35 heavy (non-hydrogen) atoms. The van der Waals surface area contributed by atoms with Crippen molar-refractivity contribution in [1.82, 2.24) is 15.3 Å². The van der Waals surface area contributed by atoms with E-state index < -0.39 is 17.5 Å². The van der Waals surface area contributed by atoms with Gasteiger partial charge in [0.25, 0.3) is 5.91 Å². The number of anilines is 1. The van der Waals surface area contributed by atoms with Crippen molar-refractivity contribution >= 4 is 22.5 Å². The van der Waals surface area contributed by atoms with Crippen LogP contribution in [0.25, 0.3) is 22.2 Å². The maximum absolute atomic E-state index is 14.5. The lowest BCUT2D eigenvalue weighted by Crippen LogP contribution is -2.33. The highest BCUT2D eigenvalue weighted by molar-refractivity contribution is 6.09. The number of aromatic nitrogens is 2. The number of para-hydroxylation sites is 1. The van der Waals surface area contributed by atoms with Gasteiger partial charge in [-0.2, -0.15) is 0 Å². The number of pyridine rings is 2. The van der Waals surface area contributed by atoms with Crippen LogP contribution in [0.4, 0.5) is 18.9 Å². The summed E-state index contributed by atoms with van der Waals surface area (Å²) in [5.41, 5.74) is 1.56. The van der Waals surface area contributed by atoms with Crippen LogP contribution in [-0.4, -0.2) is 36.6 Å². The number of rotatable bonds is 4. The number of hydrogen-bond acceptors (Lipinski definition) is 5. The number of fused-ring (bicyclic) bond motifs is 2. The van der Waals surface area contributed by atoms with Gasteiger partial charge in [0.05, 0.1) is 35.1 Å². The van der Waals surface area contributed by atoms with Crippen molar-refractivity contribution in [2.24, 2.45) is 0 Å². The molecule has 1 atom stereocenters. The van der Waals surface area contributed by atoms with Crippen LogP contribution in [0, 0.1) is 17.5 Å². The molecule has 4 aromatic rings. The van der Waals surface area contributed by atoms with Crippen LogP contribution >= 0.6 is 0 Å². The minimum Gasteiger partial charge on any atom is -0.493 e. The van der Waals surface area contributed by atoms with E-state index in [4.69, 9.17) is 4.74 Å². The monoisotopic (exact) mass is 478 g/mol. The standard InChI is InChI=1S/C26H21F3N4O2/c1-33(2)25-16-7-9-30-24(17-11-14(27)12-19(28)22(17)29)23(16)31-13-18(25)26(34)32-20-8-10-35-21-6-4-3-5-15(20)21/h3-7,9,11-13,20H,8,10H2,1-2H3,(H,32,34)/t20-/m0/s1. The van der Waals surface area contributed by atoms with E-state index in [1.54, 1.807) is 25.1 Å². The van der Waals surface area contributed by atoms with Gasteiger partial charge in [0.2, 0.25) is 0 Å². The molecule has 2 aromatic carbocycles. The van der Waals surface area contributed by atoms with Gasteiger partial charge in [0.15, 0.2) is 11.6 Å². The lowest BCUT2D eigenvalue weighted by Gasteiger charge is -2.27. The zero-order valence-corrected chi connectivity index (χ0v) is 19.0. The third kappa shape index (κ3) is 4.03. The first-order chi connectivity index (χ1) is 16.8. The van der Waals surface area contributed by atoms with E-state index in [0.717, 1.165) is 17.4 Å². The Morgan fingerprint density at radius 1 is 1.11 bits per heavy atom. The molecule has 0 saturated carbocycles. The third-order valence-electron chi connectivity index (χ3n) is 5.96. The van der Waals surface area contributed by atoms with Gasteiger partial charge in [0, 0.05) is 55.5 Å².